The van der Waals surface area contributed by atoms with E-state index in [0.29, 0.717) is 11.8 Å². The molecule has 0 N–H and O–H groups in total. The van der Waals surface area contributed by atoms with E-state index in [1.165, 1.54) is 5.57 Å². The fourth-order valence-electron chi connectivity index (χ4n) is 2.58. The second-order valence-electron chi connectivity index (χ2n) is 5.44. The van der Waals surface area contributed by atoms with Crippen LogP contribution in [0.4, 0.5) is 0 Å². The maximum atomic E-state index is 11.8. The molecule has 1 unspecified atom stereocenters. The Balaban J connectivity index is 2.19. The summed E-state index contributed by atoms with van der Waals surface area (Å²) < 4.78 is 0. The van der Waals surface area contributed by atoms with Crippen LogP contribution in [0.2, 0.25) is 0 Å². The number of hydrogen-bond acceptors (Lipinski definition) is 1. The predicted octanol–water partition coefficient (Wildman–Crippen LogP) is 2.91. The van der Waals surface area contributed by atoms with Gasteiger partial charge in [-0.3, -0.25) is 4.79 Å². The maximum absolute atomic E-state index is 11.8. The molecule has 1 atom stereocenters. The molecule has 2 nitrogen and oxygen atoms in total. The fourth-order valence-corrected chi connectivity index (χ4v) is 2.58. The number of likely N-dealkylation sites (tertiary alicyclic amines) is 1. The van der Waals surface area contributed by atoms with Crippen molar-refractivity contribution in [1.29, 1.82) is 0 Å². The Morgan fingerprint density at radius 1 is 1.44 bits per heavy atom. The van der Waals surface area contributed by atoms with E-state index < -0.39 is 0 Å². The van der Waals surface area contributed by atoms with E-state index in [4.69, 9.17) is 0 Å². The van der Waals surface area contributed by atoms with Crippen molar-refractivity contribution in [1.82, 2.24) is 4.90 Å². The average Bonchev–Trinajstić information content (AvgIpc) is 2.66. The molecule has 0 radical (unpaired) electrons. The molecule has 16 heavy (non-hydrogen) atoms. The Labute approximate surface area is 98.0 Å². The molecule has 0 aromatic carbocycles. The summed E-state index contributed by atoms with van der Waals surface area (Å²) in [6.45, 7) is 7.44. The van der Waals surface area contributed by atoms with Crippen LogP contribution in [0.25, 0.3) is 0 Å². The monoisotopic (exact) mass is 219 g/mol. The Morgan fingerprint density at radius 3 is 2.69 bits per heavy atom. The van der Waals surface area contributed by atoms with Gasteiger partial charge in [0.25, 0.3) is 0 Å². The van der Waals surface area contributed by atoms with Gasteiger partial charge in [0.2, 0.25) is 5.91 Å². The van der Waals surface area contributed by atoms with Gasteiger partial charge in [0.1, 0.15) is 0 Å². The molecule has 0 aromatic heterocycles. The van der Waals surface area contributed by atoms with Crippen molar-refractivity contribution < 1.29 is 4.79 Å². The van der Waals surface area contributed by atoms with E-state index in [9.17, 15) is 4.79 Å². The fraction of sp³-hybridized carbons (Fsp3) is 0.643. The number of allylic oxidation sites excluding steroid dienone is 2. The summed E-state index contributed by atoms with van der Waals surface area (Å²) >= 11 is 0. The first-order valence-corrected chi connectivity index (χ1v) is 6.21. The Kier molecular flexibility index (Phi) is 2.92. The van der Waals surface area contributed by atoms with Crippen molar-refractivity contribution in [2.24, 2.45) is 5.92 Å². The van der Waals surface area contributed by atoms with Gasteiger partial charge in [-0.1, -0.05) is 25.2 Å². The van der Waals surface area contributed by atoms with Crippen molar-refractivity contribution in [3.63, 3.8) is 0 Å². The molecule has 2 aliphatic rings. The Morgan fingerprint density at radius 2 is 2.19 bits per heavy atom. The number of amides is 1. The summed E-state index contributed by atoms with van der Waals surface area (Å²) in [5.74, 6) is 0.937. The van der Waals surface area contributed by atoms with Crippen molar-refractivity contribution in [2.75, 3.05) is 6.54 Å². The zero-order valence-corrected chi connectivity index (χ0v) is 10.5. The molecular weight excluding hydrogens is 198 g/mol. The standard InChI is InChI=1S/C14H21NO/c1-11-6-8-12(9-7-11)14(2,3)15-10-4-5-13(15)16/h6,8-9,11H,4-5,7,10H2,1-3H3. The zero-order valence-electron chi connectivity index (χ0n) is 10.5. The SMILES string of the molecule is CC1C=CC(C(C)(C)N2CCCC2=O)=CC1. The predicted molar refractivity (Wildman–Crippen MR) is 66.0 cm³/mol. The first-order chi connectivity index (χ1) is 7.51. The second-order valence-corrected chi connectivity index (χ2v) is 5.44. The van der Waals surface area contributed by atoms with Gasteiger partial charge in [-0.15, -0.1) is 0 Å². The lowest BCUT2D eigenvalue weighted by Gasteiger charge is -2.38. The van der Waals surface area contributed by atoms with E-state index >= 15 is 0 Å². The summed E-state index contributed by atoms with van der Waals surface area (Å²) in [6.07, 6.45) is 9.55. The Bertz CT molecular complexity index is 352. The third-order valence-corrected chi connectivity index (χ3v) is 3.77. The van der Waals surface area contributed by atoms with Gasteiger partial charge >= 0.3 is 0 Å². The van der Waals surface area contributed by atoms with E-state index in [2.05, 4.69) is 39.0 Å². The quantitative estimate of drug-likeness (QED) is 0.699. The van der Waals surface area contributed by atoms with Crippen LogP contribution in [-0.4, -0.2) is 22.9 Å². The maximum Gasteiger partial charge on any atom is 0.223 e. The molecule has 2 heteroatoms. The van der Waals surface area contributed by atoms with Crippen molar-refractivity contribution >= 4 is 5.91 Å². The van der Waals surface area contributed by atoms with Crippen LogP contribution in [-0.2, 0) is 4.79 Å². The lowest BCUT2D eigenvalue weighted by molar-refractivity contribution is -0.131. The zero-order chi connectivity index (χ0) is 11.8. The van der Waals surface area contributed by atoms with E-state index in [1.807, 2.05) is 4.90 Å². The highest BCUT2D eigenvalue weighted by molar-refractivity contribution is 5.79. The summed E-state index contributed by atoms with van der Waals surface area (Å²) in [5, 5.41) is 0. The summed E-state index contributed by atoms with van der Waals surface area (Å²) in [7, 11) is 0. The minimum Gasteiger partial charge on any atom is -0.334 e. The minimum atomic E-state index is -0.135. The van der Waals surface area contributed by atoms with Gasteiger partial charge in [0.05, 0.1) is 5.54 Å². The topological polar surface area (TPSA) is 20.3 Å². The third kappa shape index (κ3) is 1.93. The van der Waals surface area contributed by atoms with Crippen molar-refractivity contribution in [3.8, 4) is 0 Å². The minimum absolute atomic E-state index is 0.135. The summed E-state index contributed by atoms with van der Waals surface area (Å²) in [6, 6.07) is 0. The van der Waals surface area contributed by atoms with Crippen LogP contribution in [0, 0.1) is 5.92 Å². The highest BCUT2D eigenvalue weighted by Crippen LogP contribution is 2.32. The van der Waals surface area contributed by atoms with Gasteiger partial charge in [0.15, 0.2) is 0 Å². The molecule has 1 saturated heterocycles. The first-order valence-electron chi connectivity index (χ1n) is 6.21. The lowest BCUT2D eigenvalue weighted by Crippen LogP contribution is -2.46. The molecule has 0 bridgehead atoms. The van der Waals surface area contributed by atoms with Crippen molar-refractivity contribution in [2.45, 2.75) is 45.6 Å². The van der Waals surface area contributed by atoms with Crippen LogP contribution < -0.4 is 0 Å². The third-order valence-electron chi connectivity index (χ3n) is 3.77. The number of carbonyl (C=O) groups excluding carboxylic acids is 1. The van der Waals surface area contributed by atoms with Crippen LogP contribution in [0.3, 0.4) is 0 Å². The largest absolute Gasteiger partial charge is 0.334 e. The first kappa shape index (κ1) is 11.4. The van der Waals surface area contributed by atoms with Gasteiger partial charge in [0, 0.05) is 13.0 Å². The lowest BCUT2D eigenvalue weighted by atomic mass is 9.86. The number of nitrogens with zero attached hydrogens (tertiary/aromatic N) is 1. The van der Waals surface area contributed by atoms with Crippen LogP contribution in [0.5, 0.6) is 0 Å². The normalized spacial score (nSPS) is 26.2. The van der Waals surface area contributed by atoms with Gasteiger partial charge in [-0.25, -0.2) is 0 Å². The summed E-state index contributed by atoms with van der Waals surface area (Å²) in [4.78, 5) is 13.8. The number of carbonyl (C=O) groups is 1. The van der Waals surface area contributed by atoms with Crippen molar-refractivity contribution in [3.05, 3.63) is 23.8 Å². The molecular formula is C14H21NO. The molecule has 88 valence electrons. The average molecular weight is 219 g/mol. The molecule has 0 aromatic rings. The molecule has 1 fully saturated rings. The molecule has 0 spiro atoms. The smallest absolute Gasteiger partial charge is 0.223 e. The second kappa shape index (κ2) is 4.08. The van der Waals surface area contributed by atoms with Gasteiger partial charge in [-0.05, 0) is 38.2 Å². The number of hydrogen-bond donors (Lipinski definition) is 0. The van der Waals surface area contributed by atoms with E-state index in [-0.39, 0.29) is 5.54 Å². The molecule has 2 rings (SSSR count). The van der Waals surface area contributed by atoms with Gasteiger partial charge in [-0.2, -0.15) is 0 Å². The molecule has 1 heterocycles. The van der Waals surface area contributed by atoms with Crippen LogP contribution in [0.15, 0.2) is 23.8 Å². The molecule has 1 amide bonds. The summed E-state index contributed by atoms with van der Waals surface area (Å²) in [5.41, 5.74) is 1.16. The van der Waals surface area contributed by atoms with E-state index in [1.54, 1.807) is 0 Å². The molecule has 1 aliphatic heterocycles. The van der Waals surface area contributed by atoms with Gasteiger partial charge < -0.3 is 4.90 Å². The molecule has 1 aliphatic carbocycles. The highest BCUT2D eigenvalue weighted by atomic mass is 16.2. The van der Waals surface area contributed by atoms with Crippen LogP contribution in [0.1, 0.15) is 40.0 Å². The number of rotatable bonds is 2. The van der Waals surface area contributed by atoms with E-state index in [0.717, 1.165) is 25.8 Å². The highest BCUT2D eigenvalue weighted by Gasteiger charge is 2.36. The Hall–Kier alpha value is -1.05. The molecule has 0 saturated carbocycles. The van der Waals surface area contributed by atoms with Crippen LogP contribution >= 0.6 is 0 Å².